The summed E-state index contributed by atoms with van der Waals surface area (Å²) in [5.74, 6) is 0.793. The highest BCUT2D eigenvalue weighted by atomic mass is 16.5. The molecule has 0 saturated carbocycles. The van der Waals surface area contributed by atoms with Crippen LogP contribution in [-0.2, 0) is 19.1 Å². The molecule has 0 rings (SSSR count). The van der Waals surface area contributed by atoms with E-state index in [-0.39, 0.29) is 30.7 Å². The summed E-state index contributed by atoms with van der Waals surface area (Å²) >= 11 is 0. The molecule has 56 heavy (non-hydrogen) atoms. The summed E-state index contributed by atoms with van der Waals surface area (Å²) in [5, 5.41) is 9.86. The molecule has 1 unspecified atom stereocenters. The van der Waals surface area contributed by atoms with Crippen molar-refractivity contribution in [2.45, 2.75) is 278 Å². The van der Waals surface area contributed by atoms with Crippen LogP contribution in [-0.4, -0.2) is 60.4 Å². The molecule has 0 aliphatic rings. The molecule has 0 aliphatic carbocycles. The highest BCUT2D eigenvalue weighted by Gasteiger charge is 2.15. The zero-order valence-electron chi connectivity index (χ0n) is 38.5. The molecule has 0 amide bonds. The van der Waals surface area contributed by atoms with Crippen molar-refractivity contribution >= 4 is 11.9 Å². The van der Waals surface area contributed by atoms with Crippen molar-refractivity contribution in [1.29, 1.82) is 0 Å². The average Bonchev–Trinajstić information content (AvgIpc) is 3.19. The van der Waals surface area contributed by atoms with Crippen molar-refractivity contribution in [3.63, 3.8) is 0 Å². The fourth-order valence-corrected chi connectivity index (χ4v) is 8.14. The second kappa shape index (κ2) is 43.4. The fraction of sp³-hybridized carbons (Fsp3) is 0.960. The fourth-order valence-electron chi connectivity index (χ4n) is 8.14. The lowest BCUT2D eigenvalue weighted by Crippen LogP contribution is -2.37. The lowest BCUT2D eigenvalue weighted by molar-refractivity contribution is -0.150. The van der Waals surface area contributed by atoms with Crippen molar-refractivity contribution in [3.8, 4) is 0 Å². The van der Waals surface area contributed by atoms with Gasteiger partial charge in [-0.3, -0.25) is 14.5 Å². The van der Waals surface area contributed by atoms with Gasteiger partial charge in [-0.05, 0) is 90.1 Å². The number of rotatable bonds is 45. The Morgan fingerprint density at radius 2 is 0.839 bits per heavy atom. The van der Waals surface area contributed by atoms with Gasteiger partial charge in [0.1, 0.15) is 6.10 Å². The molecule has 1 N–H and O–H groups in total. The molecule has 0 radical (unpaired) electrons. The van der Waals surface area contributed by atoms with Crippen LogP contribution in [0, 0.1) is 5.92 Å². The number of esters is 2. The van der Waals surface area contributed by atoms with Crippen LogP contribution in [0.2, 0.25) is 0 Å². The summed E-state index contributed by atoms with van der Waals surface area (Å²) in [7, 11) is 0. The monoisotopic (exact) mass is 794 g/mol. The molecular formula is C50H99NO5. The van der Waals surface area contributed by atoms with Crippen molar-refractivity contribution in [2.24, 2.45) is 5.92 Å². The third kappa shape index (κ3) is 37.2. The molecule has 0 spiro atoms. The maximum absolute atomic E-state index is 12.8. The number of aliphatic hydroxyl groups is 1. The van der Waals surface area contributed by atoms with Gasteiger partial charge in [0, 0.05) is 18.9 Å². The van der Waals surface area contributed by atoms with E-state index in [1.165, 1.54) is 135 Å². The third-order valence-electron chi connectivity index (χ3n) is 12.0. The molecule has 0 heterocycles. The number of carbonyl (C=O) groups is 2. The Morgan fingerprint density at radius 3 is 1.32 bits per heavy atom. The van der Waals surface area contributed by atoms with Crippen LogP contribution in [0.15, 0.2) is 0 Å². The topological polar surface area (TPSA) is 76.1 Å². The smallest absolute Gasteiger partial charge is 0.306 e. The first kappa shape index (κ1) is 54.9. The van der Waals surface area contributed by atoms with Gasteiger partial charge in [-0.25, -0.2) is 0 Å². The minimum Gasteiger partial charge on any atom is -0.466 e. The van der Waals surface area contributed by atoms with E-state index < -0.39 is 0 Å². The second-order valence-electron chi connectivity index (χ2n) is 17.5. The Hall–Kier alpha value is -1.14. The summed E-state index contributed by atoms with van der Waals surface area (Å²) in [6, 6.07) is 0.183. The lowest BCUT2D eigenvalue weighted by atomic mass is 9.91. The minimum absolute atomic E-state index is 0.0136. The summed E-state index contributed by atoms with van der Waals surface area (Å²) in [5.41, 5.74) is 0. The zero-order valence-corrected chi connectivity index (χ0v) is 38.5. The van der Waals surface area contributed by atoms with E-state index in [0.29, 0.717) is 19.4 Å². The van der Waals surface area contributed by atoms with Gasteiger partial charge in [-0.2, -0.15) is 0 Å². The van der Waals surface area contributed by atoms with Gasteiger partial charge in [-0.15, -0.1) is 0 Å². The molecule has 0 saturated heterocycles. The number of carbonyl (C=O) groups excluding carboxylic acids is 2. The van der Waals surface area contributed by atoms with Gasteiger partial charge >= 0.3 is 11.9 Å². The predicted octanol–water partition coefficient (Wildman–Crippen LogP) is 14.9. The first-order valence-electron chi connectivity index (χ1n) is 25.1. The van der Waals surface area contributed by atoms with Gasteiger partial charge in [-0.1, -0.05) is 182 Å². The highest BCUT2D eigenvalue weighted by molar-refractivity contribution is 5.69. The lowest BCUT2D eigenvalue weighted by Gasteiger charge is -2.27. The number of unbranched alkanes of at least 4 members (excludes halogenated alkanes) is 22. The summed E-state index contributed by atoms with van der Waals surface area (Å²) in [4.78, 5) is 27.5. The number of nitrogens with zero attached hydrogens (tertiary/aromatic N) is 1. The number of ether oxygens (including phenoxy) is 2. The summed E-state index contributed by atoms with van der Waals surface area (Å²) in [6.45, 7) is 14.0. The predicted molar refractivity (Wildman–Crippen MR) is 241 cm³/mol. The van der Waals surface area contributed by atoms with Gasteiger partial charge < -0.3 is 14.6 Å². The normalized spacial score (nSPS) is 12.3. The number of hydrogen-bond acceptors (Lipinski definition) is 6. The molecule has 0 aliphatic heterocycles. The molecule has 334 valence electrons. The molecule has 0 aromatic rings. The Labute approximate surface area is 350 Å². The first-order valence-corrected chi connectivity index (χ1v) is 25.1. The molecule has 0 aromatic carbocycles. The maximum atomic E-state index is 12.8. The van der Waals surface area contributed by atoms with Crippen LogP contribution >= 0.6 is 0 Å². The van der Waals surface area contributed by atoms with Gasteiger partial charge in [0.05, 0.1) is 13.2 Å². The van der Waals surface area contributed by atoms with Crippen LogP contribution in [0.4, 0.5) is 0 Å². The van der Waals surface area contributed by atoms with E-state index in [1.54, 1.807) is 0 Å². The van der Waals surface area contributed by atoms with Crippen molar-refractivity contribution < 1.29 is 24.2 Å². The van der Waals surface area contributed by atoms with Crippen LogP contribution in [0.1, 0.15) is 266 Å². The van der Waals surface area contributed by atoms with E-state index in [9.17, 15) is 14.7 Å². The van der Waals surface area contributed by atoms with E-state index in [2.05, 4.69) is 39.5 Å². The van der Waals surface area contributed by atoms with Crippen molar-refractivity contribution in [3.05, 3.63) is 0 Å². The van der Waals surface area contributed by atoms with Crippen LogP contribution in [0.5, 0.6) is 0 Å². The maximum Gasteiger partial charge on any atom is 0.306 e. The van der Waals surface area contributed by atoms with Crippen LogP contribution in [0.3, 0.4) is 0 Å². The third-order valence-corrected chi connectivity index (χ3v) is 12.0. The second-order valence-corrected chi connectivity index (χ2v) is 17.5. The summed E-state index contributed by atoms with van der Waals surface area (Å²) < 4.78 is 11.6. The molecule has 0 fully saturated rings. The standard InChI is InChI=1S/C50H99NO5/c1-6-10-14-16-20-28-38-48(39-29-21-17-15-11-7-2)56-50(54)41-31-23-19-25-33-43-51(46(5)45-52)42-32-24-18-22-30-40-49(53)55-44-34-37-47(35-26-12-8-3)36-27-13-9-4/h46-48,52H,6-45H2,1-5H3. The van der Waals surface area contributed by atoms with Gasteiger partial charge in [0.25, 0.3) is 0 Å². The average molecular weight is 794 g/mol. The summed E-state index contributed by atoms with van der Waals surface area (Å²) in [6.07, 6.45) is 42.3. The first-order chi connectivity index (χ1) is 27.4. The molecular weight excluding hydrogens is 695 g/mol. The van der Waals surface area contributed by atoms with Gasteiger partial charge in [0.2, 0.25) is 0 Å². The van der Waals surface area contributed by atoms with E-state index >= 15 is 0 Å². The quantitative estimate of drug-likeness (QED) is 0.0489. The highest BCUT2D eigenvalue weighted by Crippen LogP contribution is 2.23. The van der Waals surface area contributed by atoms with Gasteiger partial charge in [0.15, 0.2) is 0 Å². The minimum atomic E-state index is -0.0207. The number of hydrogen-bond donors (Lipinski definition) is 1. The Morgan fingerprint density at radius 1 is 0.464 bits per heavy atom. The Balaban J connectivity index is 4.14. The van der Waals surface area contributed by atoms with E-state index in [1.807, 2.05) is 0 Å². The van der Waals surface area contributed by atoms with Crippen LogP contribution in [0.25, 0.3) is 0 Å². The molecule has 0 bridgehead atoms. The SMILES string of the molecule is CCCCCCCCC(CCCCCCCC)OC(=O)CCCCCCCN(CCCCCCCC(=O)OCCCC(CCCCC)CCCCC)C(C)CO. The molecule has 0 aromatic heterocycles. The van der Waals surface area contributed by atoms with E-state index in [4.69, 9.17) is 9.47 Å². The Bertz CT molecular complexity index is 795. The van der Waals surface area contributed by atoms with E-state index in [0.717, 1.165) is 102 Å². The van der Waals surface area contributed by atoms with Crippen LogP contribution < -0.4 is 0 Å². The Kier molecular flexibility index (Phi) is 42.6. The molecule has 6 heteroatoms. The van der Waals surface area contributed by atoms with Crippen molar-refractivity contribution in [2.75, 3.05) is 26.3 Å². The zero-order chi connectivity index (χ0) is 41.2. The molecule has 6 nitrogen and oxygen atoms in total. The van der Waals surface area contributed by atoms with Crippen molar-refractivity contribution in [1.82, 2.24) is 4.90 Å². The number of aliphatic hydroxyl groups excluding tert-OH is 1. The largest absolute Gasteiger partial charge is 0.466 e. The molecule has 1 atom stereocenters.